The van der Waals surface area contributed by atoms with Gasteiger partial charge in [0.2, 0.25) is 0 Å². The number of terminal acetylenes is 1. The highest BCUT2D eigenvalue weighted by molar-refractivity contribution is 5.71. The summed E-state index contributed by atoms with van der Waals surface area (Å²) in [5.74, 6) is 2.14. The second-order valence-electron chi connectivity index (χ2n) is 3.11. The van der Waals surface area contributed by atoms with E-state index in [-0.39, 0.29) is 18.6 Å². The van der Waals surface area contributed by atoms with Gasteiger partial charge in [-0.2, -0.15) is 0 Å². The predicted molar refractivity (Wildman–Crippen MR) is 51.6 cm³/mol. The SMILES string of the molecule is C#CCNCC(=O)OC1CCOCC1. The van der Waals surface area contributed by atoms with E-state index in [1.807, 2.05) is 0 Å². The van der Waals surface area contributed by atoms with E-state index in [1.54, 1.807) is 0 Å². The molecule has 0 bridgehead atoms. The van der Waals surface area contributed by atoms with Crippen LogP contribution in [0.3, 0.4) is 0 Å². The van der Waals surface area contributed by atoms with Crippen LogP contribution in [0.15, 0.2) is 0 Å². The van der Waals surface area contributed by atoms with E-state index >= 15 is 0 Å². The quantitative estimate of drug-likeness (QED) is 0.389. The summed E-state index contributed by atoms with van der Waals surface area (Å²) in [5, 5.41) is 2.78. The first kappa shape index (κ1) is 11.0. The zero-order chi connectivity index (χ0) is 10.2. The molecular formula is C10H15NO3. The summed E-state index contributed by atoms with van der Waals surface area (Å²) >= 11 is 0. The minimum absolute atomic E-state index is 0.0175. The Hall–Kier alpha value is -1.05. The third-order valence-corrected chi connectivity index (χ3v) is 1.96. The molecular weight excluding hydrogens is 182 g/mol. The molecule has 1 saturated heterocycles. The number of hydrogen-bond donors (Lipinski definition) is 1. The molecule has 0 saturated carbocycles. The first-order chi connectivity index (χ1) is 6.83. The molecule has 78 valence electrons. The van der Waals surface area contributed by atoms with E-state index in [9.17, 15) is 4.79 Å². The summed E-state index contributed by atoms with van der Waals surface area (Å²) in [6.07, 6.45) is 6.62. The Labute approximate surface area is 84.0 Å². The molecule has 1 rings (SSSR count). The normalized spacial score (nSPS) is 17.4. The van der Waals surface area contributed by atoms with Gasteiger partial charge in [-0.05, 0) is 0 Å². The molecule has 0 radical (unpaired) electrons. The highest BCUT2D eigenvalue weighted by atomic mass is 16.6. The monoisotopic (exact) mass is 197 g/mol. The van der Waals surface area contributed by atoms with E-state index in [0.717, 1.165) is 12.8 Å². The van der Waals surface area contributed by atoms with Crippen LogP contribution in [-0.4, -0.2) is 38.4 Å². The Balaban J connectivity index is 2.10. The summed E-state index contributed by atoms with van der Waals surface area (Å²) in [7, 11) is 0. The zero-order valence-electron chi connectivity index (χ0n) is 8.12. The number of ether oxygens (including phenoxy) is 2. The van der Waals surface area contributed by atoms with Gasteiger partial charge in [-0.25, -0.2) is 0 Å². The Bertz CT molecular complexity index is 216. The Morgan fingerprint density at radius 1 is 1.57 bits per heavy atom. The smallest absolute Gasteiger partial charge is 0.320 e. The fraction of sp³-hybridized carbons (Fsp3) is 0.700. The van der Waals surface area contributed by atoms with Gasteiger partial charge in [0.05, 0.1) is 26.3 Å². The van der Waals surface area contributed by atoms with Crippen molar-refractivity contribution < 1.29 is 14.3 Å². The van der Waals surface area contributed by atoms with Crippen molar-refractivity contribution in [1.29, 1.82) is 0 Å². The van der Waals surface area contributed by atoms with Gasteiger partial charge in [-0.3, -0.25) is 10.1 Å². The van der Waals surface area contributed by atoms with Crippen molar-refractivity contribution in [2.75, 3.05) is 26.3 Å². The lowest BCUT2D eigenvalue weighted by atomic mass is 10.1. The van der Waals surface area contributed by atoms with Gasteiger partial charge in [-0.1, -0.05) is 5.92 Å². The van der Waals surface area contributed by atoms with Crippen LogP contribution in [0.2, 0.25) is 0 Å². The number of nitrogens with one attached hydrogen (secondary N) is 1. The maximum Gasteiger partial charge on any atom is 0.320 e. The highest BCUT2D eigenvalue weighted by Crippen LogP contribution is 2.10. The number of hydrogen-bond acceptors (Lipinski definition) is 4. The average Bonchev–Trinajstić information content (AvgIpc) is 2.20. The van der Waals surface area contributed by atoms with E-state index in [4.69, 9.17) is 15.9 Å². The van der Waals surface area contributed by atoms with Crippen molar-refractivity contribution in [3.05, 3.63) is 0 Å². The molecule has 0 aromatic carbocycles. The minimum Gasteiger partial charge on any atom is -0.461 e. The summed E-state index contributed by atoms with van der Waals surface area (Å²) in [6, 6.07) is 0. The molecule has 0 atom stereocenters. The molecule has 0 aromatic heterocycles. The van der Waals surface area contributed by atoms with Gasteiger partial charge < -0.3 is 9.47 Å². The lowest BCUT2D eigenvalue weighted by Gasteiger charge is -2.22. The Morgan fingerprint density at radius 2 is 2.29 bits per heavy atom. The van der Waals surface area contributed by atoms with Gasteiger partial charge >= 0.3 is 5.97 Å². The van der Waals surface area contributed by atoms with Crippen molar-refractivity contribution in [2.45, 2.75) is 18.9 Å². The molecule has 1 N–H and O–H groups in total. The second-order valence-corrected chi connectivity index (χ2v) is 3.11. The van der Waals surface area contributed by atoms with Crippen molar-refractivity contribution >= 4 is 5.97 Å². The first-order valence-corrected chi connectivity index (χ1v) is 4.74. The van der Waals surface area contributed by atoms with Gasteiger partial charge in [0, 0.05) is 12.8 Å². The first-order valence-electron chi connectivity index (χ1n) is 4.74. The Kier molecular flexibility index (Phi) is 5.05. The van der Waals surface area contributed by atoms with Gasteiger partial charge in [0.1, 0.15) is 6.10 Å². The van der Waals surface area contributed by atoms with Crippen LogP contribution in [0.5, 0.6) is 0 Å². The molecule has 1 aliphatic heterocycles. The number of carbonyl (C=O) groups excluding carboxylic acids is 1. The van der Waals surface area contributed by atoms with Crippen molar-refractivity contribution in [3.8, 4) is 12.3 Å². The van der Waals surface area contributed by atoms with Crippen LogP contribution in [-0.2, 0) is 14.3 Å². The topological polar surface area (TPSA) is 47.6 Å². The maximum absolute atomic E-state index is 11.2. The largest absolute Gasteiger partial charge is 0.461 e. The molecule has 4 nitrogen and oxygen atoms in total. The van der Waals surface area contributed by atoms with Crippen LogP contribution in [0.25, 0.3) is 0 Å². The van der Waals surface area contributed by atoms with Gasteiger partial charge in [0.25, 0.3) is 0 Å². The molecule has 0 aromatic rings. The molecule has 1 aliphatic rings. The van der Waals surface area contributed by atoms with Crippen molar-refractivity contribution in [1.82, 2.24) is 5.32 Å². The number of carbonyl (C=O) groups is 1. The van der Waals surface area contributed by atoms with E-state index in [1.165, 1.54) is 0 Å². The number of esters is 1. The van der Waals surface area contributed by atoms with Crippen molar-refractivity contribution in [3.63, 3.8) is 0 Å². The third kappa shape index (κ3) is 4.26. The third-order valence-electron chi connectivity index (χ3n) is 1.96. The molecule has 14 heavy (non-hydrogen) atoms. The summed E-state index contributed by atoms with van der Waals surface area (Å²) in [4.78, 5) is 11.2. The minimum atomic E-state index is -0.243. The number of rotatable bonds is 4. The molecule has 0 unspecified atom stereocenters. The molecule has 1 fully saturated rings. The molecule has 0 aliphatic carbocycles. The summed E-state index contributed by atoms with van der Waals surface area (Å²) < 4.78 is 10.3. The summed E-state index contributed by atoms with van der Waals surface area (Å²) in [6.45, 7) is 1.93. The highest BCUT2D eigenvalue weighted by Gasteiger charge is 2.17. The predicted octanol–water partition coefficient (Wildman–Crippen LogP) is -0.0686. The van der Waals surface area contributed by atoms with Crippen molar-refractivity contribution in [2.24, 2.45) is 0 Å². The lowest BCUT2D eigenvalue weighted by molar-refractivity contribution is -0.151. The van der Waals surface area contributed by atoms with Crippen LogP contribution in [0.1, 0.15) is 12.8 Å². The second kappa shape index (κ2) is 6.41. The van der Waals surface area contributed by atoms with Crippen LogP contribution in [0, 0.1) is 12.3 Å². The zero-order valence-corrected chi connectivity index (χ0v) is 8.12. The van der Waals surface area contributed by atoms with Gasteiger partial charge in [-0.15, -0.1) is 6.42 Å². The molecule has 1 heterocycles. The fourth-order valence-corrected chi connectivity index (χ4v) is 1.26. The van der Waals surface area contributed by atoms with E-state index < -0.39 is 0 Å². The standard InChI is InChI=1S/C10H15NO3/c1-2-5-11-8-10(12)14-9-3-6-13-7-4-9/h1,9,11H,3-8H2. The van der Waals surface area contributed by atoms with E-state index in [0.29, 0.717) is 19.8 Å². The maximum atomic E-state index is 11.2. The molecule has 0 amide bonds. The lowest BCUT2D eigenvalue weighted by Crippen LogP contribution is -2.31. The van der Waals surface area contributed by atoms with Crippen LogP contribution < -0.4 is 5.32 Å². The van der Waals surface area contributed by atoms with Crippen LogP contribution >= 0.6 is 0 Å². The van der Waals surface area contributed by atoms with E-state index in [2.05, 4.69) is 11.2 Å². The Morgan fingerprint density at radius 3 is 2.93 bits per heavy atom. The average molecular weight is 197 g/mol. The summed E-state index contributed by atoms with van der Waals surface area (Å²) in [5.41, 5.74) is 0. The fourth-order valence-electron chi connectivity index (χ4n) is 1.26. The van der Waals surface area contributed by atoms with Gasteiger partial charge in [0.15, 0.2) is 0 Å². The van der Waals surface area contributed by atoms with Crippen LogP contribution in [0.4, 0.5) is 0 Å². The molecule has 0 spiro atoms. The molecule has 4 heteroatoms.